The zero-order valence-corrected chi connectivity index (χ0v) is 5.79. The topological polar surface area (TPSA) is 95.6 Å². The quantitative estimate of drug-likeness (QED) is 0.233. The normalized spacial score (nSPS) is 16.3. The molecule has 0 aromatic carbocycles. The fraction of sp³-hybridized carbons (Fsp3) is 0.800. The highest BCUT2D eigenvalue weighted by Gasteiger charge is 2.33. The summed E-state index contributed by atoms with van der Waals surface area (Å²) >= 11 is 0. The number of nitrogens with two attached hydrogens (primary N) is 1. The van der Waals surface area contributed by atoms with Crippen molar-refractivity contribution in [1.82, 2.24) is 5.43 Å². The second-order valence-corrected chi connectivity index (χ2v) is 2.06. The summed E-state index contributed by atoms with van der Waals surface area (Å²) in [7, 11) is 0. The van der Waals surface area contributed by atoms with Crippen LogP contribution >= 0.6 is 0 Å². The van der Waals surface area contributed by atoms with Crippen LogP contribution in [0.2, 0.25) is 0 Å². The van der Waals surface area contributed by atoms with Gasteiger partial charge in [-0.2, -0.15) is 0 Å². The molecule has 0 aliphatic carbocycles. The van der Waals surface area contributed by atoms with Crippen LogP contribution in [-0.4, -0.2) is 21.9 Å². The Morgan fingerprint density at radius 3 is 2.40 bits per heavy atom. The highest BCUT2D eigenvalue weighted by molar-refractivity contribution is 5.76. The smallest absolute Gasteiger partial charge is 0.352 e. The lowest BCUT2D eigenvalue weighted by molar-refractivity contribution is -0.163. The molecule has 5 nitrogen and oxygen atoms in total. The molecule has 0 aliphatic heterocycles. The molecule has 0 unspecified atom stereocenters. The molecule has 0 fully saturated rings. The number of aliphatic hydroxyl groups is 1. The van der Waals surface area contributed by atoms with E-state index in [4.69, 9.17) is 16.1 Å². The summed E-state index contributed by atoms with van der Waals surface area (Å²) in [5.74, 6) is 3.46. The third kappa shape index (κ3) is 1.94. The van der Waals surface area contributed by atoms with Gasteiger partial charge in [-0.05, 0) is 0 Å². The van der Waals surface area contributed by atoms with Crippen molar-refractivity contribution in [2.24, 2.45) is 5.84 Å². The fourth-order valence-corrected chi connectivity index (χ4v) is 0.603. The van der Waals surface area contributed by atoms with Gasteiger partial charge in [-0.15, -0.1) is 0 Å². The molecular weight excluding hydrogens is 136 g/mol. The number of rotatable bonds is 4. The van der Waals surface area contributed by atoms with Crippen molar-refractivity contribution in [3.8, 4) is 0 Å². The van der Waals surface area contributed by atoms with E-state index in [-0.39, 0.29) is 6.42 Å². The van der Waals surface area contributed by atoms with Crippen LogP contribution in [0.3, 0.4) is 0 Å². The largest absolute Gasteiger partial charge is 0.478 e. The van der Waals surface area contributed by atoms with Crippen LogP contribution in [0.1, 0.15) is 19.8 Å². The van der Waals surface area contributed by atoms with Crippen LogP contribution in [0, 0.1) is 0 Å². The number of hydrogen-bond acceptors (Lipinski definition) is 4. The van der Waals surface area contributed by atoms with E-state index >= 15 is 0 Å². The van der Waals surface area contributed by atoms with Gasteiger partial charge in [0.15, 0.2) is 0 Å². The number of hydrogen-bond donors (Lipinski definition) is 4. The van der Waals surface area contributed by atoms with Gasteiger partial charge in [0.2, 0.25) is 5.72 Å². The molecule has 10 heavy (non-hydrogen) atoms. The third-order valence-electron chi connectivity index (χ3n) is 1.20. The van der Waals surface area contributed by atoms with Crippen molar-refractivity contribution in [1.29, 1.82) is 0 Å². The Bertz CT molecular complexity index is 128. The molecule has 0 heterocycles. The summed E-state index contributed by atoms with van der Waals surface area (Å²) in [5.41, 5.74) is -0.129. The van der Waals surface area contributed by atoms with Crippen molar-refractivity contribution in [3.63, 3.8) is 0 Å². The lowest BCUT2D eigenvalue weighted by Gasteiger charge is -2.20. The van der Waals surface area contributed by atoms with Crippen LogP contribution in [-0.2, 0) is 4.79 Å². The van der Waals surface area contributed by atoms with E-state index in [1.165, 1.54) is 0 Å². The summed E-state index contributed by atoms with van der Waals surface area (Å²) in [6.07, 6.45) is 0.645. The number of nitrogens with one attached hydrogen (secondary N) is 1. The van der Waals surface area contributed by atoms with Gasteiger partial charge in [0, 0.05) is 6.42 Å². The van der Waals surface area contributed by atoms with Gasteiger partial charge in [0.1, 0.15) is 0 Å². The molecule has 0 aromatic rings. The molecule has 0 amide bonds. The summed E-state index contributed by atoms with van der Waals surface area (Å²) in [5, 5.41) is 17.4. The Hall–Kier alpha value is -0.650. The van der Waals surface area contributed by atoms with E-state index < -0.39 is 11.7 Å². The van der Waals surface area contributed by atoms with Gasteiger partial charge in [-0.1, -0.05) is 13.3 Å². The van der Waals surface area contributed by atoms with Gasteiger partial charge >= 0.3 is 5.97 Å². The minimum Gasteiger partial charge on any atom is -0.478 e. The van der Waals surface area contributed by atoms with Crippen molar-refractivity contribution in [2.45, 2.75) is 25.5 Å². The summed E-state index contributed by atoms with van der Waals surface area (Å²) in [4.78, 5) is 10.2. The van der Waals surface area contributed by atoms with Gasteiger partial charge in [-0.3, -0.25) is 5.84 Å². The third-order valence-corrected chi connectivity index (χ3v) is 1.20. The first-order valence-electron chi connectivity index (χ1n) is 3.00. The lowest BCUT2D eigenvalue weighted by Crippen LogP contribution is -2.55. The first-order valence-corrected chi connectivity index (χ1v) is 3.00. The molecule has 0 bridgehead atoms. The Balaban J connectivity index is 4.08. The van der Waals surface area contributed by atoms with Crippen LogP contribution in [0.4, 0.5) is 0 Å². The number of aliphatic carboxylic acids is 1. The standard InChI is InChI=1S/C5H12N2O3/c1-2-3-5(10,7-6)4(8)9/h7,10H,2-3,6H2,1H3,(H,8,9)/t5-/m1/s1. The number of carboxylic acids is 1. The molecular formula is C5H12N2O3. The molecule has 0 radical (unpaired) electrons. The maximum absolute atomic E-state index is 10.2. The minimum absolute atomic E-state index is 0.0961. The maximum atomic E-state index is 10.2. The molecule has 0 aliphatic rings. The average molecular weight is 148 g/mol. The highest BCUT2D eigenvalue weighted by atomic mass is 16.4. The molecule has 5 heteroatoms. The van der Waals surface area contributed by atoms with Gasteiger partial charge < -0.3 is 10.2 Å². The van der Waals surface area contributed by atoms with Gasteiger partial charge in [-0.25, -0.2) is 10.2 Å². The molecule has 0 aromatic heterocycles. The van der Waals surface area contributed by atoms with E-state index in [0.29, 0.717) is 6.42 Å². The first kappa shape index (κ1) is 9.35. The molecule has 60 valence electrons. The monoisotopic (exact) mass is 148 g/mol. The zero-order valence-electron chi connectivity index (χ0n) is 5.79. The lowest BCUT2D eigenvalue weighted by atomic mass is 10.1. The van der Waals surface area contributed by atoms with Gasteiger partial charge in [0.25, 0.3) is 0 Å². The highest BCUT2D eigenvalue weighted by Crippen LogP contribution is 2.06. The second-order valence-electron chi connectivity index (χ2n) is 2.06. The van der Waals surface area contributed by atoms with E-state index in [0.717, 1.165) is 0 Å². The van der Waals surface area contributed by atoms with Crippen molar-refractivity contribution in [2.75, 3.05) is 0 Å². The van der Waals surface area contributed by atoms with Gasteiger partial charge in [0.05, 0.1) is 0 Å². The van der Waals surface area contributed by atoms with Crippen LogP contribution in [0.5, 0.6) is 0 Å². The van der Waals surface area contributed by atoms with E-state index in [2.05, 4.69) is 0 Å². The number of carbonyl (C=O) groups is 1. The van der Waals surface area contributed by atoms with E-state index in [9.17, 15) is 4.79 Å². The fourth-order valence-electron chi connectivity index (χ4n) is 0.603. The predicted octanol–water partition coefficient (Wildman–Crippen LogP) is -0.977. The predicted molar refractivity (Wildman–Crippen MR) is 34.8 cm³/mol. The van der Waals surface area contributed by atoms with Crippen LogP contribution in [0.25, 0.3) is 0 Å². The molecule has 0 saturated heterocycles. The number of carboxylic acid groups (broad SMARTS) is 1. The Labute approximate surface area is 58.8 Å². The Morgan fingerprint density at radius 1 is 1.80 bits per heavy atom. The van der Waals surface area contributed by atoms with E-state index in [1.807, 2.05) is 5.43 Å². The molecule has 1 atom stereocenters. The Kier molecular flexibility index (Phi) is 3.27. The molecule has 0 saturated carbocycles. The average Bonchev–Trinajstić information content (AvgIpc) is 1.88. The molecule has 0 rings (SSSR count). The molecule has 0 spiro atoms. The number of hydrazine groups is 1. The minimum atomic E-state index is -1.96. The summed E-state index contributed by atoms with van der Waals surface area (Å²) in [6, 6.07) is 0. The summed E-state index contributed by atoms with van der Waals surface area (Å²) in [6.45, 7) is 1.76. The van der Waals surface area contributed by atoms with Crippen molar-refractivity contribution >= 4 is 5.97 Å². The van der Waals surface area contributed by atoms with Crippen molar-refractivity contribution in [3.05, 3.63) is 0 Å². The summed E-state index contributed by atoms with van der Waals surface area (Å²) < 4.78 is 0. The SMILES string of the molecule is CCC[C@](O)(NN)C(=O)O. The zero-order chi connectivity index (χ0) is 8.20. The van der Waals surface area contributed by atoms with Crippen LogP contribution < -0.4 is 11.3 Å². The first-order chi connectivity index (χ1) is 4.56. The Morgan fingerprint density at radius 2 is 2.30 bits per heavy atom. The second kappa shape index (κ2) is 3.50. The van der Waals surface area contributed by atoms with E-state index in [1.54, 1.807) is 6.92 Å². The maximum Gasteiger partial charge on any atom is 0.352 e. The molecule has 5 N–H and O–H groups in total. The van der Waals surface area contributed by atoms with Crippen LogP contribution in [0.15, 0.2) is 0 Å². The van der Waals surface area contributed by atoms with Crippen molar-refractivity contribution < 1.29 is 15.0 Å².